The molecule has 0 spiro atoms. The van der Waals surface area contributed by atoms with Crippen LogP contribution in [0.25, 0.3) is 0 Å². The summed E-state index contributed by atoms with van der Waals surface area (Å²) < 4.78 is 0. The molecular weight excluding hydrogens is 248 g/mol. The highest BCUT2D eigenvalue weighted by Gasteiger charge is 2.00. The Labute approximate surface area is 123 Å². The summed E-state index contributed by atoms with van der Waals surface area (Å²) in [5, 5.41) is 2.12. The molecule has 0 atom stereocenters. The Hall–Kier alpha value is -1.21. The molecule has 1 aliphatic rings. The summed E-state index contributed by atoms with van der Waals surface area (Å²) in [6.45, 7) is 14.1. The molecule has 0 aliphatic heterocycles. The molecule has 0 saturated carbocycles. The van der Waals surface area contributed by atoms with Gasteiger partial charge in [-0.15, -0.1) is 0 Å². The Morgan fingerprint density at radius 1 is 1.32 bits per heavy atom. The quantitative estimate of drug-likeness (QED) is 0.522. The first-order valence-electron chi connectivity index (χ1n) is 6.80. The minimum Gasteiger partial charge on any atom is -0.0988 e. The van der Waals surface area contributed by atoms with Crippen LogP contribution in [0.5, 0.6) is 0 Å². The molecule has 0 fully saturated rings. The molecule has 0 amide bonds. The van der Waals surface area contributed by atoms with E-state index < -0.39 is 0 Å². The average Bonchev–Trinajstić information content (AvgIpc) is 2.58. The second-order valence-corrected chi connectivity index (χ2v) is 5.15. The Morgan fingerprint density at radius 2 is 2.00 bits per heavy atom. The SMILES string of the molecule is C=C/C(C)=C\C=C\SC1=C(C)C=C(C)CC=C1.CC. The summed E-state index contributed by atoms with van der Waals surface area (Å²) in [5.74, 6) is 0. The van der Waals surface area contributed by atoms with Crippen LogP contribution < -0.4 is 0 Å². The van der Waals surface area contributed by atoms with Crippen LogP contribution in [0, 0.1) is 0 Å². The summed E-state index contributed by atoms with van der Waals surface area (Å²) in [6, 6.07) is 0. The fourth-order valence-corrected chi connectivity index (χ4v) is 2.21. The van der Waals surface area contributed by atoms with Crippen molar-refractivity contribution in [2.24, 2.45) is 0 Å². The lowest BCUT2D eigenvalue weighted by Gasteiger charge is -2.00. The molecule has 0 aromatic rings. The standard InChI is InChI=1S/C16H20S.C2H6/c1-5-13(2)9-7-11-17-16-10-6-8-14(3)12-15(16)4;1-2/h5-7,9-12H,1,8H2,2-4H3;1-2H3/b11-7+,13-9-;. The Bertz CT molecular complexity index is 429. The van der Waals surface area contributed by atoms with E-state index in [1.165, 1.54) is 21.6 Å². The van der Waals surface area contributed by atoms with E-state index in [4.69, 9.17) is 0 Å². The molecule has 1 aliphatic carbocycles. The van der Waals surface area contributed by atoms with Gasteiger partial charge in [0.05, 0.1) is 0 Å². The summed E-state index contributed by atoms with van der Waals surface area (Å²) in [7, 11) is 0. The van der Waals surface area contributed by atoms with E-state index in [0.29, 0.717) is 0 Å². The maximum atomic E-state index is 3.72. The lowest BCUT2D eigenvalue weighted by molar-refractivity contribution is 1.21. The first-order chi connectivity index (χ1) is 9.13. The molecule has 1 heteroatoms. The predicted molar refractivity (Wildman–Crippen MR) is 92.2 cm³/mol. The number of hydrogen-bond acceptors (Lipinski definition) is 1. The van der Waals surface area contributed by atoms with Crippen molar-refractivity contribution < 1.29 is 0 Å². The Kier molecular flexibility index (Phi) is 10.0. The van der Waals surface area contributed by atoms with E-state index in [2.05, 4.69) is 56.2 Å². The molecule has 0 unspecified atom stereocenters. The average molecular weight is 274 g/mol. The van der Waals surface area contributed by atoms with E-state index in [1.54, 1.807) is 11.8 Å². The van der Waals surface area contributed by atoms with Crippen LogP contribution in [-0.4, -0.2) is 0 Å². The Morgan fingerprint density at radius 3 is 2.63 bits per heavy atom. The molecule has 104 valence electrons. The van der Waals surface area contributed by atoms with E-state index in [9.17, 15) is 0 Å². The minimum atomic E-state index is 1.06. The van der Waals surface area contributed by atoms with Crippen molar-refractivity contribution in [2.75, 3.05) is 0 Å². The van der Waals surface area contributed by atoms with Gasteiger partial charge in [-0.1, -0.05) is 79.8 Å². The largest absolute Gasteiger partial charge is 0.0988 e. The van der Waals surface area contributed by atoms with Gasteiger partial charge in [-0.25, -0.2) is 0 Å². The van der Waals surface area contributed by atoms with Gasteiger partial charge in [-0.3, -0.25) is 0 Å². The number of rotatable bonds is 4. The number of allylic oxidation sites excluding steroid dienone is 9. The van der Waals surface area contributed by atoms with Gasteiger partial charge in [0.15, 0.2) is 0 Å². The smallest absolute Gasteiger partial charge is 0.0142 e. The van der Waals surface area contributed by atoms with Crippen LogP contribution in [0.4, 0.5) is 0 Å². The minimum absolute atomic E-state index is 1.06. The zero-order valence-electron chi connectivity index (χ0n) is 12.9. The molecule has 19 heavy (non-hydrogen) atoms. The molecule has 0 N–H and O–H groups in total. The molecule has 0 aromatic heterocycles. The Balaban J connectivity index is 0.00000154. The van der Waals surface area contributed by atoms with Crippen LogP contribution in [0.1, 0.15) is 41.0 Å². The number of hydrogen-bond donors (Lipinski definition) is 0. The van der Waals surface area contributed by atoms with Crippen LogP contribution in [0.2, 0.25) is 0 Å². The highest BCUT2D eigenvalue weighted by atomic mass is 32.2. The number of thioether (sulfide) groups is 1. The predicted octanol–water partition coefficient (Wildman–Crippen LogP) is 6.57. The van der Waals surface area contributed by atoms with Crippen LogP contribution in [-0.2, 0) is 0 Å². The normalized spacial score (nSPS) is 15.8. The van der Waals surface area contributed by atoms with E-state index >= 15 is 0 Å². The molecule has 0 bridgehead atoms. The molecule has 0 heterocycles. The van der Waals surface area contributed by atoms with Crippen molar-refractivity contribution in [2.45, 2.75) is 41.0 Å². The monoisotopic (exact) mass is 274 g/mol. The second-order valence-electron chi connectivity index (χ2n) is 4.21. The van der Waals surface area contributed by atoms with Gasteiger partial charge < -0.3 is 0 Å². The van der Waals surface area contributed by atoms with Gasteiger partial charge >= 0.3 is 0 Å². The molecule has 0 nitrogen and oxygen atoms in total. The van der Waals surface area contributed by atoms with Crippen LogP contribution in [0.15, 0.2) is 70.1 Å². The summed E-state index contributed by atoms with van der Waals surface area (Å²) in [6.07, 6.45) is 13.7. The first kappa shape index (κ1) is 17.8. The lowest BCUT2D eigenvalue weighted by Crippen LogP contribution is -1.75. The highest BCUT2D eigenvalue weighted by Crippen LogP contribution is 2.27. The third-order valence-electron chi connectivity index (χ3n) is 2.52. The topological polar surface area (TPSA) is 0 Å². The van der Waals surface area contributed by atoms with Gasteiger partial charge in [0.25, 0.3) is 0 Å². The second kappa shape index (κ2) is 10.7. The van der Waals surface area contributed by atoms with Crippen LogP contribution in [0.3, 0.4) is 0 Å². The van der Waals surface area contributed by atoms with E-state index in [-0.39, 0.29) is 0 Å². The van der Waals surface area contributed by atoms with Gasteiger partial charge in [-0.2, -0.15) is 0 Å². The van der Waals surface area contributed by atoms with E-state index in [0.717, 1.165) is 6.42 Å². The highest BCUT2D eigenvalue weighted by molar-refractivity contribution is 8.06. The third-order valence-corrected chi connectivity index (χ3v) is 3.52. The van der Waals surface area contributed by atoms with E-state index in [1.807, 2.05) is 26.8 Å². The van der Waals surface area contributed by atoms with Gasteiger partial charge in [0.1, 0.15) is 0 Å². The van der Waals surface area contributed by atoms with Crippen molar-refractivity contribution in [1.29, 1.82) is 0 Å². The summed E-state index contributed by atoms with van der Waals surface area (Å²) in [4.78, 5) is 1.32. The molecule has 0 radical (unpaired) electrons. The maximum absolute atomic E-state index is 3.72. The van der Waals surface area contributed by atoms with Crippen LogP contribution >= 0.6 is 11.8 Å². The molecule has 1 rings (SSSR count). The van der Waals surface area contributed by atoms with Crippen molar-refractivity contribution in [3.63, 3.8) is 0 Å². The van der Waals surface area contributed by atoms with Gasteiger partial charge in [-0.05, 0) is 38.2 Å². The fraction of sp³-hybridized carbons (Fsp3) is 0.333. The first-order valence-corrected chi connectivity index (χ1v) is 7.68. The maximum Gasteiger partial charge on any atom is 0.0142 e. The fourth-order valence-electron chi connectivity index (χ4n) is 1.49. The zero-order chi connectivity index (χ0) is 14.7. The summed E-state index contributed by atoms with van der Waals surface area (Å²) >= 11 is 1.76. The molecule has 0 saturated heterocycles. The van der Waals surface area contributed by atoms with Crippen molar-refractivity contribution in [3.8, 4) is 0 Å². The van der Waals surface area contributed by atoms with Gasteiger partial charge in [0, 0.05) is 4.91 Å². The summed E-state index contributed by atoms with van der Waals surface area (Å²) in [5.41, 5.74) is 3.94. The van der Waals surface area contributed by atoms with Crippen molar-refractivity contribution in [3.05, 3.63) is 70.1 Å². The molecule has 0 aromatic carbocycles. The zero-order valence-corrected chi connectivity index (χ0v) is 13.7. The van der Waals surface area contributed by atoms with Crippen molar-refractivity contribution >= 4 is 11.8 Å². The third kappa shape index (κ3) is 7.74. The van der Waals surface area contributed by atoms with Gasteiger partial charge in [0.2, 0.25) is 0 Å². The molecular formula is C18H26S. The van der Waals surface area contributed by atoms with Crippen molar-refractivity contribution in [1.82, 2.24) is 0 Å². The lowest BCUT2D eigenvalue weighted by atomic mass is 10.2.